The molecule has 1 aliphatic rings. The van der Waals surface area contributed by atoms with Gasteiger partial charge in [0.05, 0.1) is 17.3 Å². The van der Waals surface area contributed by atoms with E-state index in [1.54, 1.807) is 24.3 Å². The predicted octanol–water partition coefficient (Wildman–Crippen LogP) is 5.20. The molecule has 0 radical (unpaired) electrons. The number of anilines is 2. The fourth-order valence-electron chi connectivity index (χ4n) is 5.69. The number of nitrogens with one attached hydrogen (secondary N) is 1. The lowest BCUT2D eigenvalue weighted by Gasteiger charge is -2.37. The van der Waals surface area contributed by atoms with Crippen LogP contribution in [0.2, 0.25) is 0 Å². The van der Waals surface area contributed by atoms with Gasteiger partial charge >= 0.3 is 11.6 Å². The number of alkyl halides is 2. The highest BCUT2D eigenvalue weighted by Gasteiger charge is 2.58. The molecule has 0 amide bonds. The molecule has 1 atom stereocenters. The van der Waals surface area contributed by atoms with Gasteiger partial charge in [0.15, 0.2) is 5.54 Å². The van der Waals surface area contributed by atoms with Crippen LogP contribution < -0.4 is 15.5 Å². The Morgan fingerprint density at radius 1 is 0.848 bits per heavy atom. The van der Waals surface area contributed by atoms with Crippen molar-refractivity contribution in [1.29, 1.82) is 5.26 Å². The molecule has 46 heavy (non-hydrogen) atoms. The van der Waals surface area contributed by atoms with E-state index in [1.165, 1.54) is 12.1 Å². The molecule has 0 unspecified atom stereocenters. The number of rotatable bonds is 7. The molecule has 0 saturated carbocycles. The van der Waals surface area contributed by atoms with Crippen LogP contribution in [0.4, 0.5) is 33.3 Å². The third-order valence-corrected chi connectivity index (χ3v) is 8.31. The van der Waals surface area contributed by atoms with Crippen LogP contribution in [0.3, 0.4) is 0 Å². The lowest BCUT2D eigenvalue weighted by molar-refractivity contribution is -0.104. The number of hydrogen-bond acceptors (Lipinski definition) is 7. The van der Waals surface area contributed by atoms with Gasteiger partial charge in [-0.1, -0.05) is 18.2 Å². The topological polar surface area (TPSA) is 107 Å². The summed E-state index contributed by atoms with van der Waals surface area (Å²) in [7, 11) is 0. The Balaban J connectivity index is 1.23. The molecule has 0 bridgehead atoms. The van der Waals surface area contributed by atoms with Crippen LogP contribution in [0.5, 0.6) is 0 Å². The first-order valence-corrected chi connectivity index (χ1v) is 14.1. The predicted molar refractivity (Wildman–Crippen MR) is 159 cm³/mol. The second-order valence-corrected chi connectivity index (χ2v) is 10.9. The van der Waals surface area contributed by atoms with Gasteiger partial charge in [0.2, 0.25) is 0 Å². The van der Waals surface area contributed by atoms with Crippen molar-refractivity contribution in [2.24, 2.45) is 0 Å². The highest BCUT2D eigenvalue weighted by Crippen LogP contribution is 2.47. The summed E-state index contributed by atoms with van der Waals surface area (Å²) in [6, 6.07) is 18.3. The van der Waals surface area contributed by atoms with E-state index in [0.29, 0.717) is 54.6 Å². The molecule has 6 rings (SSSR count). The molecule has 1 saturated heterocycles. The van der Waals surface area contributed by atoms with Gasteiger partial charge in [0.1, 0.15) is 23.1 Å². The number of nitriles is 1. The van der Waals surface area contributed by atoms with E-state index in [1.807, 2.05) is 22.1 Å². The first kappa shape index (κ1) is 30.4. The summed E-state index contributed by atoms with van der Waals surface area (Å²) in [6.45, 7) is 3.29. The van der Waals surface area contributed by atoms with Gasteiger partial charge in [-0.2, -0.15) is 18.7 Å². The maximum atomic E-state index is 16.3. The molecule has 1 aliphatic heterocycles. The van der Waals surface area contributed by atoms with Crippen molar-refractivity contribution in [3.63, 3.8) is 0 Å². The van der Waals surface area contributed by atoms with Crippen molar-refractivity contribution < 1.29 is 22.0 Å². The molecular weight excluding hydrogens is 607 g/mol. The largest absolute Gasteiger partial charge is 0.368 e. The number of nitrogens with zero attached hydrogens (tertiary/aromatic N) is 7. The van der Waals surface area contributed by atoms with Crippen LogP contribution in [-0.2, 0) is 11.5 Å². The first-order valence-electron chi connectivity index (χ1n) is 14.1. The van der Waals surface area contributed by atoms with Crippen LogP contribution >= 0.6 is 0 Å². The summed E-state index contributed by atoms with van der Waals surface area (Å²) in [5.74, 6) is -6.88. The Labute approximate surface area is 259 Å². The number of piperazine rings is 1. The minimum Gasteiger partial charge on any atom is -0.368 e. The molecular formula is C32H25F5N8O. The SMILES string of the molecule is C[C@](c1ccc(F)cc1F)(n1nn[nH]c1=O)C(F)(F)c1ccc(-c2ccc(N3CCN(c4ccc(C#N)cc4)CC3)c(F)c2)cn1. The van der Waals surface area contributed by atoms with E-state index in [9.17, 15) is 13.6 Å². The molecule has 234 valence electrons. The van der Waals surface area contributed by atoms with E-state index in [4.69, 9.17) is 5.26 Å². The van der Waals surface area contributed by atoms with Gasteiger partial charge in [0.25, 0.3) is 0 Å². The van der Waals surface area contributed by atoms with Gasteiger partial charge in [-0.3, -0.25) is 4.98 Å². The Kier molecular flexibility index (Phi) is 7.77. The van der Waals surface area contributed by atoms with Crippen LogP contribution in [0.1, 0.15) is 23.7 Å². The van der Waals surface area contributed by atoms with Gasteiger partial charge in [0, 0.05) is 55.3 Å². The molecule has 0 spiro atoms. The molecule has 1 N–H and O–H groups in total. The minimum absolute atomic E-state index is 0.289. The molecule has 9 nitrogen and oxygen atoms in total. The first-order chi connectivity index (χ1) is 22.0. The average Bonchev–Trinajstić information content (AvgIpc) is 3.50. The van der Waals surface area contributed by atoms with Crippen molar-refractivity contribution in [2.75, 3.05) is 36.0 Å². The summed E-state index contributed by atoms with van der Waals surface area (Å²) < 4.78 is 76.8. The summed E-state index contributed by atoms with van der Waals surface area (Å²) in [5, 5.41) is 17.6. The molecule has 2 aromatic heterocycles. The van der Waals surface area contributed by atoms with Crippen LogP contribution in [0.15, 0.2) is 83.8 Å². The number of halogens is 5. The second-order valence-electron chi connectivity index (χ2n) is 10.9. The zero-order valence-electron chi connectivity index (χ0n) is 24.3. The normalized spacial score (nSPS) is 15.0. The number of aromatic amines is 1. The Morgan fingerprint density at radius 3 is 2.13 bits per heavy atom. The third kappa shape index (κ3) is 5.23. The van der Waals surface area contributed by atoms with Crippen LogP contribution in [-0.4, -0.2) is 51.4 Å². The quantitative estimate of drug-likeness (QED) is 0.246. The van der Waals surface area contributed by atoms with Gasteiger partial charge < -0.3 is 9.80 Å². The fraction of sp³-hybridized carbons (Fsp3) is 0.219. The van der Waals surface area contributed by atoms with E-state index < -0.39 is 45.9 Å². The maximum Gasteiger partial charge on any atom is 0.362 e. The second kappa shape index (κ2) is 11.7. The molecule has 5 aromatic rings. The highest BCUT2D eigenvalue weighted by atomic mass is 19.3. The highest BCUT2D eigenvalue weighted by molar-refractivity contribution is 5.67. The Bertz CT molecular complexity index is 1980. The van der Waals surface area contributed by atoms with E-state index in [0.717, 1.165) is 37.0 Å². The van der Waals surface area contributed by atoms with E-state index in [-0.39, 0.29) is 4.68 Å². The van der Waals surface area contributed by atoms with Crippen LogP contribution in [0, 0.1) is 28.8 Å². The summed E-state index contributed by atoms with van der Waals surface area (Å²) in [4.78, 5) is 20.4. The zero-order valence-corrected chi connectivity index (χ0v) is 24.3. The molecule has 3 aromatic carbocycles. The van der Waals surface area contributed by atoms with Crippen molar-refractivity contribution >= 4 is 11.4 Å². The average molecular weight is 633 g/mol. The van der Waals surface area contributed by atoms with Crippen LogP contribution in [0.25, 0.3) is 11.1 Å². The van der Waals surface area contributed by atoms with E-state index >= 15 is 13.2 Å². The maximum absolute atomic E-state index is 16.3. The summed E-state index contributed by atoms with van der Waals surface area (Å²) in [6.07, 6.45) is 1.13. The van der Waals surface area contributed by atoms with Gasteiger partial charge in [-0.05, 0) is 71.4 Å². The standard InChI is InChI=1S/C32H25F5N8O/c1-31(45-30(46)40-41-42-45,25-9-6-23(33)17-26(25)34)32(36,37)29-11-5-22(19-39-29)21-4-10-28(27(35)16-21)44-14-12-43(13-15-44)24-7-2-20(18-38)3-8-24/h2-11,16-17,19H,12-15H2,1H3,(H,40,42,46)/t31-/m1/s1. The summed E-state index contributed by atoms with van der Waals surface area (Å²) >= 11 is 0. The van der Waals surface area contributed by atoms with Crippen molar-refractivity contribution in [3.8, 4) is 17.2 Å². The molecule has 3 heterocycles. The number of H-pyrrole nitrogens is 1. The smallest absolute Gasteiger partial charge is 0.362 e. The number of hydrogen-bond donors (Lipinski definition) is 1. The molecule has 0 aliphatic carbocycles. The number of aromatic nitrogens is 5. The Hall–Kier alpha value is -5.58. The fourth-order valence-corrected chi connectivity index (χ4v) is 5.69. The number of tetrazole rings is 1. The number of pyridine rings is 1. The third-order valence-electron chi connectivity index (χ3n) is 8.31. The van der Waals surface area contributed by atoms with Gasteiger partial charge in [-0.25, -0.2) is 23.1 Å². The Morgan fingerprint density at radius 2 is 1.54 bits per heavy atom. The lowest BCUT2D eigenvalue weighted by atomic mass is 9.83. The van der Waals surface area contributed by atoms with Gasteiger partial charge in [-0.15, -0.1) is 0 Å². The minimum atomic E-state index is -4.07. The lowest BCUT2D eigenvalue weighted by Crippen LogP contribution is -2.52. The zero-order chi connectivity index (χ0) is 32.6. The van der Waals surface area contributed by atoms with E-state index in [2.05, 4.69) is 26.4 Å². The van der Waals surface area contributed by atoms with Crippen molar-refractivity contribution in [1.82, 2.24) is 25.2 Å². The molecule has 1 fully saturated rings. The monoisotopic (exact) mass is 632 g/mol. The van der Waals surface area contributed by atoms with Crippen molar-refractivity contribution in [3.05, 3.63) is 124 Å². The summed E-state index contributed by atoms with van der Waals surface area (Å²) in [5.41, 5.74) is -2.82. The molecule has 14 heteroatoms. The van der Waals surface area contributed by atoms with Crippen molar-refractivity contribution in [2.45, 2.75) is 18.4 Å². The number of benzene rings is 3.